The molecule has 0 aromatic heterocycles. The van der Waals surface area contributed by atoms with E-state index in [0.29, 0.717) is 0 Å². The van der Waals surface area contributed by atoms with E-state index in [-0.39, 0.29) is 0 Å². The van der Waals surface area contributed by atoms with Gasteiger partial charge in [-0.15, -0.1) is 0 Å². The topological polar surface area (TPSA) is 0 Å². The Balaban J connectivity index is 1.34. The van der Waals surface area contributed by atoms with Crippen LogP contribution in [0.4, 0.5) is 0 Å². The molecule has 0 unspecified atom stereocenters. The van der Waals surface area contributed by atoms with Crippen molar-refractivity contribution in [2.45, 2.75) is 0 Å². The molecule has 9 aromatic carbocycles. The molecule has 0 radical (unpaired) electrons. The third kappa shape index (κ3) is 4.30. The van der Waals surface area contributed by atoms with E-state index in [0.717, 1.165) is 0 Å². The van der Waals surface area contributed by atoms with Crippen molar-refractivity contribution < 1.29 is 0 Å². The van der Waals surface area contributed by atoms with Crippen molar-refractivity contribution in [2.75, 3.05) is 0 Å². The van der Waals surface area contributed by atoms with Crippen LogP contribution in [0.25, 0.3) is 87.6 Å². The van der Waals surface area contributed by atoms with Crippen LogP contribution in [0.2, 0.25) is 0 Å². The first kappa shape index (κ1) is 26.4. The van der Waals surface area contributed by atoms with Gasteiger partial charge in [0.25, 0.3) is 0 Å². The van der Waals surface area contributed by atoms with Gasteiger partial charge in [-0.05, 0) is 99.7 Å². The quantitative estimate of drug-likeness (QED) is 0.181. The predicted molar refractivity (Wildman–Crippen MR) is 198 cm³/mol. The molecule has 0 aliphatic carbocycles. The highest BCUT2D eigenvalue weighted by Crippen LogP contribution is 2.48. The van der Waals surface area contributed by atoms with Crippen molar-refractivity contribution in [2.24, 2.45) is 0 Å². The van der Waals surface area contributed by atoms with E-state index in [2.05, 4.69) is 182 Å². The van der Waals surface area contributed by atoms with Gasteiger partial charge < -0.3 is 0 Å². The van der Waals surface area contributed by atoms with Crippen LogP contribution in [0, 0.1) is 0 Å². The van der Waals surface area contributed by atoms with E-state index in [1.807, 2.05) is 0 Å². The minimum atomic E-state index is 1.23. The van der Waals surface area contributed by atoms with Crippen LogP contribution in [0.15, 0.2) is 182 Å². The van der Waals surface area contributed by atoms with Crippen molar-refractivity contribution in [3.05, 3.63) is 182 Å². The van der Waals surface area contributed by atoms with Crippen molar-refractivity contribution in [3.8, 4) is 44.5 Å². The molecule has 214 valence electrons. The molecule has 0 aliphatic heterocycles. The minimum absolute atomic E-state index is 1.23. The van der Waals surface area contributed by atoms with Gasteiger partial charge in [-0.25, -0.2) is 0 Å². The van der Waals surface area contributed by atoms with Crippen molar-refractivity contribution in [1.29, 1.82) is 0 Å². The second-order valence-electron chi connectivity index (χ2n) is 12.1. The van der Waals surface area contributed by atoms with E-state index < -0.39 is 0 Å². The molecule has 0 saturated carbocycles. The SMILES string of the molecule is c1ccc(-c2c3ccccc3c(-c3ccccc3-c3ccc4ccccc4c3)c3ccccc23)c(-c2ccc3ccccc3c2)c1. The first-order valence-corrected chi connectivity index (χ1v) is 15.9. The average Bonchev–Trinajstić information content (AvgIpc) is 3.13. The number of fused-ring (bicyclic) bond motifs is 4. The van der Waals surface area contributed by atoms with Crippen molar-refractivity contribution >= 4 is 43.1 Å². The molecule has 0 nitrogen and oxygen atoms in total. The van der Waals surface area contributed by atoms with Gasteiger partial charge in [0.1, 0.15) is 0 Å². The molecule has 9 rings (SSSR count). The lowest BCUT2D eigenvalue weighted by atomic mass is 9.82. The third-order valence-corrected chi connectivity index (χ3v) is 9.45. The van der Waals surface area contributed by atoms with E-state index >= 15 is 0 Å². The summed E-state index contributed by atoms with van der Waals surface area (Å²) < 4.78 is 0. The Hall–Kier alpha value is -5.98. The first-order chi connectivity index (χ1) is 22.8. The number of rotatable bonds is 4. The van der Waals surface area contributed by atoms with Gasteiger partial charge in [0.2, 0.25) is 0 Å². The summed E-state index contributed by atoms with van der Waals surface area (Å²) in [6.07, 6.45) is 0. The zero-order valence-electron chi connectivity index (χ0n) is 25.3. The van der Waals surface area contributed by atoms with E-state index in [9.17, 15) is 0 Å². The fourth-order valence-electron chi connectivity index (χ4n) is 7.33. The Kier molecular flexibility index (Phi) is 6.25. The lowest BCUT2D eigenvalue weighted by molar-refractivity contribution is 1.61. The summed E-state index contributed by atoms with van der Waals surface area (Å²) in [6.45, 7) is 0. The number of hydrogen-bond acceptors (Lipinski definition) is 0. The van der Waals surface area contributed by atoms with Crippen LogP contribution >= 0.6 is 0 Å². The summed E-state index contributed by atoms with van der Waals surface area (Å²) in [4.78, 5) is 0. The molecule has 0 spiro atoms. The largest absolute Gasteiger partial charge is 0.0616 e. The van der Waals surface area contributed by atoms with Crippen LogP contribution in [-0.4, -0.2) is 0 Å². The molecule has 0 bridgehead atoms. The Labute approximate surface area is 268 Å². The van der Waals surface area contributed by atoms with Crippen LogP contribution in [0.5, 0.6) is 0 Å². The third-order valence-electron chi connectivity index (χ3n) is 9.45. The normalized spacial score (nSPS) is 11.5. The van der Waals surface area contributed by atoms with Gasteiger partial charge in [0, 0.05) is 0 Å². The molecule has 0 atom stereocenters. The van der Waals surface area contributed by atoms with Crippen LogP contribution in [0.3, 0.4) is 0 Å². The van der Waals surface area contributed by atoms with Crippen LogP contribution < -0.4 is 0 Å². The van der Waals surface area contributed by atoms with E-state index in [1.165, 1.54) is 87.6 Å². The Bertz CT molecular complexity index is 2350. The van der Waals surface area contributed by atoms with Crippen LogP contribution in [0.1, 0.15) is 0 Å². The Morgan fingerprint density at radius 1 is 0.217 bits per heavy atom. The van der Waals surface area contributed by atoms with Gasteiger partial charge in [-0.2, -0.15) is 0 Å². The monoisotopic (exact) mass is 582 g/mol. The van der Waals surface area contributed by atoms with Gasteiger partial charge in [-0.3, -0.25) is 0 Å². The molecule has 9 aromatic rings. The number of hydrogen-bond donors (Lipinski definition) is 0. The standard InChI is InChI=1S/C46H30/c1-3-15-33-29-35(27-25-31(33)13-1)37-17-5-7-19-39(37)45-41-21-9-11-23-43(41)46(44-24-12-10-22-42(44)45)40-20-8-6-18-38(40)36-28-26-32-14-2-4-16-34(32)30-36/h1-30H. The van der Waals surface area contributed by atoms with Gasteiger partial charge in [-0.1, -0.05) is 170 Å². The van der Waals surface area contributed by atoms with Crippen LogP contribution in [-0.2, 0) is 0 Å². The second kappa shape index (κ2) is 10.9. The summed E-state index contributed by atoms with van der Waals surface area (Å²) in [6, 6.07) is 66.6. The molecular formula is C46H30. The average molecular weight is 583 g/mol. The maximum atomic E-state index is 2.33. The van der Waals surface area contributed by atoms with Gasteiger partial charge >= 0.3 is 0 Å². The molecule has 0 fully saturated rings. The molecule has 0 aliphatic rings. The first-order valence-electron chi connectivity index (χ1n) is 15.9. The zero-order valence-corrected chi connectivity index (χ0v) is 25.3. The molecular weight excluding hydrogens is 553 g/mol. The van der Waals surface area contributed by atoms with E-state index in [4.69, 9.17) is 0 Å². The minimum Gasteiger partial charge on any atom is -0.0616 e. The summed E-state index contributed by atoms with van der Waals surface area (Å²) in [5, 5.41) is 10.1. The van der Waals surface area contributed by atoms with Gasteiger partial charge in [0.05, 0.1) is 0 Å². The highest BCUT2D eigenvalue weighted by Gasteiger charge is 2.20. The highest BCUT2D eigenvalue weighted by molar-refractivity contribution is 6.23. The predicted octanol–water partition coefficient (Wildman–Crippen LogP) is 13.0. The summed E-state index contributed by atoms with van der Waals surface area (Å²) >= 11 is 0. The molecule has 0 heterocycles. The van der Waals surface area contributed by atoms with E-state index in [1.54, 1.807) is 0 Å². The second-order valence-corrected chi connectivity index (χ2v) is 12.1. The summed E-state index contributed by atoms with van der Waals surface area (Å²) in [5.41, 5.74) is 10.0. The van der Waals surface area contributed by atoms with Gasteiger partial charge in [0.15, 0.2) is 0 Å². The fraction of sp³-hybridized carbons (Fsp3) is 0. The Morgan fingerprint density at radius 2 is 0.522 bits per heavy atom. The highest BCUT2D eigenvalue weighted by atomic mass is 14.2. The lowest BCUT2D eigenvalue weighted by Gasteiger charge is -2.21. The maximum Gasteiger partial charge on any atom is -0.00201 e. The number of benzene rings is 9. The molecule has 46 heavy (non-hydrogen) atoms. The van der Waals surface area contributed by atoms with Crippen molar-refractivity contribution in [3.63, 3.8) is 0 Å². The molecule has 0 saturated heterocycles. The summed E-state index contributed by atoms with van der Waals surface area (Å²) in [5.74, 6) is 0. The summed E-state index contributed by atoms with van der Waals surface area (Å²) in [7, 11) is 0. The zero-order chi connectivity index (χ0) is 30.5. The molecule has 0 heteroatoms. The maximum absolute atomic E-state index is 2.33. The molecule has 0 amide bonds. The van der Waals surface area contributed by atoms with Crippen molar-refractivity contribution in [1.82, 2.24) is 0 Å². The molecule has 0 N–H and O–H groups in total. The Morgan fingerprint density at radius 3 is 0.913 bits per heavy atom. The lowest BCUT2D eigenvalue weighted by Crippen LogP contribution is -1.94. The smallest absolute Gasteiger partial charge is 0.00201 e. The fourth-order valence-corrected chi connectivity index (χ4v) is 7.33.